The molecule has 2 aliphatic rings. The number of para-hydroxylation sites is 4. The van der Waals surface area contributed by atoms with Gasteiger partial charge in [0.2, 0.25) is 0 Å². The predicted octanol–water partition coefficient (Wildman–Crippen LogP) is 18.8. The summed E-state index contributed by atoms with van der Waals surface area (Å²) in [6.45, 7) is 4.89. The number of hydrogen-bond acceptors (Lipinski definition) is 3. The lowest BCUT2D eigenvalue weighted by Crippen LogP contribution is -2.46. The van der Waals surface area contributed by atoms with E-state index < -0.39 is 0 Å². The molecular formula is C70H54N4. The molecule has 1 aliphatic carbocycles. The molecule has 0 fully saturated rings. The number of rotatable bonds is 9. The minimum Gasteiger partial charge on any atom is -0.337 e. The van der Waals surface area contributed by atoms with Gasteiger partial charge in [0.05, 0.1) is 22.4 Å². The Morgan fingerprint density at radius 2 is 0.919 bits per heavy atom. The van der Waals surface area contributed by atoms with Crippen LogP contribution in [0.5, 0.6) is 0 Å². The molecule has 1 aromatic heterocycles. The molecule has 0 saturated heterocycles. The van der Waals surface area contributed by atoms with E-state index in [0.717, 1.165) is 34.9 Å². The Morgan fingerprint density at radius 3 is 1.58 bits per heavy atom. The van der Waals surface area contributed by atoms with Crippen LogP contribution in [-0.4, -0.2) is 10.6 Å². The number of anilines is 7. The van der Waals surface area contributed by atoms with Crippen LogP contribution >= 0.6 is 0 Å². The molecule has 2 heterocycles. The van der Waals surface area contributed by atoms with Gasteiger partial charge in [-0.2, -0.15) is 0 Å². The predicted molar refractivity (Wildman–Crippen MR) is 313 cm³/mol. The molecule has 14 rings (SSSR count). The molecule has 0 saturated carbocycles. The van der Waals surface area contributed by atoms with E-state index in [2.05, 4.69) is 300 Å². The van der Waals surface area contributed by atoms with E-state index >= 15 is 0 Å². The number of allylic oxidation sites excluding steroid dienone is 1. The van der Waals surface area contributed by atoms with E-state index in [0.29, 0.717) is 0 Å². The molecule has 0 radical (unpaired) electrons. The molecule has 3 unspecified atom stereocenters. The van der Waals surface area contributed by atoms with Crippen LogP contribution in [0.3, 0.4) is 0 Å². The first-order valence-corrected chi connectivity index (χ1v) is 26.0. The summed E-state index contributed by atoms with van der Waals surface area (Å²) in [6.07, 6.45) is 3.63. The Labute approximate surface area is 432 Å². The number of nitrogens with zero attached hydrogens (tertiary/aromatic N) is 4. The van der Waals surface area contributed by atoms with Crippen LogP contribution in [0.25, 0.3) is 60.2 Å². The van der Waals surface area contributed by atoms with Gasteiger partial charge in [-0.1, -0.05) is 183 Å². The third kappa shape index (κ3) is 7.04. The Bertz CT molecular complexity index is 4090. The van der Waals surface area contributed by atoms with Gasteiger partial charge in [0.25, 0.3) is 0 Å². The van der Waals surface area contributed by atoms with Crippen LogP contribution in [0, 0.1) is 5.92 Å². The van der Waals surface area contributed by atoms with Crippen LogP contribution < -0.4 is 14.7 Å². The van der Waals surface area contributed by atoms with Crippen molar-refractivity contribution in [1.82, 2.24) is 4.57 Å². The molecule has 0 amide bonds. The number of hydrogen-bond donors (Lipinski definition) is 0. The lowest BCUT2D eigenvalue weighted by atomic mass is 9.69. The number of fused-ring (bicyclic) bond motifs is 8. The smallest absolute Gasteiger partial charge is 0.0542 e. The van der Waals surface area contributed by atoms with Crippen molar-refractivity contribution in [3.05, 3.63) is 278 Å². The molecule has 11 aromatic carbocycles. The van der Waals surface area contributed by atoms with Crippen molar-refractivity contribution >= 4 is 83.2 Å². The maximum Gasteiger partial charge on any atom is 0.0542 e. The van der Waals surface area contributed by atoms with Crippen LogP contribution in [0.4, 0.5) is 39.8 Å². The third-order valence-electron chi connectivity index (χ3n) is 16.1. The molecule has 0 bridgehead atoms. The van der Waals surface area contributed by atoms with E-state index in [1.807, 2.05) is 0 Å². The topological polar surface area (TPSA) is 14.7 Å². The Hall–Kier alpha value is -9.12. The Balaban J connectivity index is 0.861. The zero-order valence-electron chi connectivity index (χ0n) is 41.6. The van der Waals surface area contributed by atoms with Crippen molar-refractivity contribution in [2.24, 2.45) is 5.92 Å². The van der Waals surface area contributed by atoms with E-state index in [1.165, 1.54) is 82.8 Å². The Kier molecular flexibility index (Phi) is 10.4. The molecule has 0 spiro atoms. The summed E-state index contributed by atoms with van der Waals surface area (Å²) in [5.41, 5.74) is 16.6. The van der Waals surface area contributed by atoms with Gasteiger partial charge in [0.1, 0.15) is 0 Å². The summed E-state index contributed by atoms with van der Waals surface area (Å²) in [4.78, 5) is 7.59. The van der Waals surface area contributed by atoms with Gasteiger partial charge in [0, 0.05) is 72.8 Å². The van der Waals surface area contributed by atoms with Gasteiger partial charge in [-0.05, 0) is 138 Å². The highest BCUT2D eigenvalue weighted by molar-refractivity contribution is 6.11. The highest BCUT2D eigenvalue weighted by atomic mass is 15.2. The van der Waals surface area contributed by atoms with E-state index in [4.69, 9.17) is 0 Å². The van der Waals surface area contributed by atoms with Crippen LogP contribution in [0.1, 0.15) is 25.8 Å². The maximum atomic E-state index is 2.61. The highest BCUT2D eigenvalue weighted by Gasteiger charge is 2.51. The van der Waals surface area contributed by atoms with Gasteiger partial charge in [-0.3, -0.25) is 0 Å². The van der Waals surface area contributed by atoms with Gasteiger partial charge in [-0.25, -0.2) is 0 Å². The minimum absolute atomic E-state index is 0.217. The quantitative estimate of drug-likeness (QED) is 0.143. The van der Waals surface area contributed by atoms with Crippen LogP contribution in [0.2, 0.25) is 0 Å². The SMILES string of the molecule is CC1CC2N(c3ccccc3)c3ccccc3C2(C)C=C1N(c1ccc(-c2ccc(N(c3ccc4c(c3)c3ccccc3n4-c3ccccc3)c3cccc4ccccc34)cc2)cc1)c1cccc2ccccc12. The zero-order valence-corrected chi connectivity index (χ0v) is 41.6. The molecule has 1 aliphatic heterocycles. The molecule has 3 atom stereocenters. The summed E-state index contributed by atoms with van der Waals surface area (Å²) in [5, 5.41) is 7.34. The fraction of sp³-hybridized carbons (Fsp3) is 0.0857. The van der Waals surface area contributed by atoms with Crippen molar-refractivity contribution < 1.29 is 0 Å². The zero-order chi connectivity index (χ0) is 49.3. The lowest BCUT2D eigenvalue weighted by molar-refractivity contribution is 0.377. The third-order valence-corrected chi connectivity index (χ3v) is 16.1. The first-order valence-electron chi connectivity index (χ1n) is 26.0. The maximum absolute atomic E-state index is 2.61. The average molecular weight is 951 g/mol. The second-order valence-corrected chi connectivity index (χ2v) is 20.4. The summed E-state index contributed by atoms with van der Waals surface area (Å²) in [6, 6.07) is 96.0. The Morgan fingerprint density at radius 1 is 0.419 bits per heavy atom. The van der Waals surface area contributed by atoms with Crippen LogP contribution in [0.15, 0.2) is 273 Å². The summed E-state index contributed by atoms with van der Waals surface area (Å²) in [5.74, 6) is 0.271. The average Bonchev–Trinajstić information content (AvgIpc) is 3.93. The van der Waals surface area contributed by atoms with E-state index in [9.17, 15) is 0 Å². The first-order chi connectivity index (χ1) is 36.5. The standard InChI is InChI=1S/C70H54N4/c1-48-45-69-70(2,62-30-14-16-32-67(62)74(69)54-25-7-4-8-26-54)47-68(48)73(64-34-18-22-52-20-10-12-28-59(52)64)56-41-37-50(38-42-56)49-35-39-55(40-36-49)71(63-33-17-21-51-19-9-11-27-58(51)63)57-43-44-66-61(46-57)60-29-13-15-31-65(60)72(66)53-23-5-3-6-24-53/h3-44,46-48,69H,45H2,1-2H3. The first kappa shape index (κ1) is 43.7. The highest BCUT2D eigenvalue weighted by Crippen LogP contribution is 2.56. The molecule has 0 N–H and O–H groups in total. The largest absolute Gasteiger partial charge is 0.337 e. The van der Waals surface area contributed by atoms with Gasteiger partial charge < -0.3 is 19.3 Å². The molecule has 12 aromatic rings. The summed E-state index contributed by atoms with van der Waals surface area (Å²) >= 11 is 0. The summed E-state index contributed by atoms with van der Waals surface area (Å²) < 4.78 is 2.38. The second-order valence-electron chi connectivity index (χ2n) is 20.4. The number of benzene rings is 11. The fourth-order valence-corrected chi connectivity index (χ4v) is 12.6. The molecule has 354 valence electrons. The summed E-state index contributed by atoms with van der Waals surface area (Å²) in [7, 11) is 0. The molecule has 4 heteroatoms. The molecule has 74 heavy (non-hydrogen) atoms. The van der Waals surface area contributed by atoms with Crippen molar-refractivity contribution in [3.8, 4) is 16.8 Å². The lowest BCUT2D eigenvalue weighted by Gasteiger charge is -2.44. The van der Waals surface area contributed by atoms with Gasteiger partial charge in [-0.15, -0.1) is 0 Å². The monoisotopic (exact) mass is 950 g/mol. The van der Waals surface area contributed by atoms with Crippen molar-refractivity contribution in [2.75, 3.05) is 14.7 Å². The second kappa shape index (κ2) is 17.6. The molecular weight excluding hydrogens is 897 g/mol. The minimum atomic E-state index is -0.217. The van der Waals surface area contributed by atoms with Crippen molar-refractivity contribution in [3.63, 3.8) is 0 Å². The van der Waals surface area contributed by atoms with Crippen LogP contribution in [-0.2, 0) is 5.41 Å². The van der Waals surface area contributed by atoms with Crippen molar-refractivity contribution in [1.29, 1.82) is 0 Å². The van der Waals surface area contributed by atoms with Crippen molar-refractivity contribution in [2.45, 2.75) is 31.7 Å². The van der Waals surface area contributed by atoms with E-state index in [-0.39, 0.29) is 17.4 Å². The molecule has 4 nitrogen and oxygen atoms in total. The van der Waals surface area contributed by atoms with Gasteiger partial charge >= 0.3 is 0 Å². The normalized spacial score (nSPS) is 17.1. The van der Waals surface area contributed by atoms with Gasteiger partial charge in [0.15, 0.2) is 0 Å². The van der Waals surface area contributed by atoms with E-state index in [1.54, 1.807) is 0 Å². The fourth-order valence-electron chi connectivity index (χ4n) is 12.6. The number of aromatic nitrogens is 1.